The fourth-order valence-electron chi connectivity index (χ4n) is 4.64. The molecular formula is C24H21Cl2NO5S. The van der Waals surface area contributed by atoms with E-state index in [1.165, 1.54) is 25.6 Å². The molecule has 1 N–H and O–H groups in total. The summed E-state index contributed by atoms with van der Waals surface area (Å²) in [5.74, 6) is -3.92. The average Bonchev–Trinajstić information content (AvgIpc) is 3.34. The molecule has 0 unspecified atom stereocenters. The monoisotopic (exact) mass is 505 g/mol. The predicted molar refractivity (Wildman–Crippen MR) is 126 cm³/mol. The van der Waals surface area contributed by atoms with Crippen LogP contribution in [0.2, 0.25) is 10.0 Å². The Balaban J connectivity index is 1.95. The van der Waals surface area contributed by atoms with E-state index < -0.39 is 29.6 Å². The van der Waals surface area contributed by atoms with Gasteiger partial charge in [0.05, 0.1) is 29.8 Å². The average molecular weight is 506 g/mol. The molecule has 1 aliphatic heterocycles. The van der Waals surface area contributed by atoms with Crippen LogP contribution in [0.1, 0.15) is 35.6 Å². The van der Waals surface area contributed by atoms with Crippen LogP contribution in [-0.4, -0.2) is 31.9 Å². The number of halogens is 2. The molecule has 4 rings (SSSR count). The smallest absolute Gasteiger partial charge is 0.336 e. The minimum atomic E-state index is -1.05. The highest BCUT2D eigenvalue weighted by molar-refractivity contribution is 7.10. The zero-order chi connectivity index (χ0) is 23.9. The third-order valence-corrected chi connectivity index (χ3v) is 7.92. The number of thiophene rings is 1. The van der Waals surface area contributed by atoms with Crippen molar-refractivity contribution in [2.24, 2.45) is 5.92 Å². The standard InChI is InChI=1S/C24H21Cl2NO5S/c1-11-17(23(29)31-2)18(12-6-4-7-14(25)21(12)26)20-15(27-11)10-13(16-8-5-9-33-16)19(22(20)28)24(30)32-3/h4-9,13,18-19,27H,10H2,1-3H3/t13-,18-,19+/m0/s1. The minimum absolute atomic E-state index is 0.231. The van der Waals surface area contributed by atoms with Gasteiger partial charge in [-0.25, -0.2) is 4.79 Å². The van der Waals surface area contributed by atoms with Crippen LogP contribution in [0.15, 0.2) is 58.3 Å². The first-order chi connectivity index (χ1) is 15.8. The Kier molecular flexibility index (Phi) is 6.66. The molecule has 2 heterocycles. The molecular weight excluding hydrogens is 485 g/mol. The van der Waals surface area contributed by atoms with Crippen molar-refractivity contribution >= 4 is 52.3 Å². The molecule has 0 fully saturated rings. The molecule has 172 valence electrons. The fraction of sp³-hybridized carbons (Fsp3) is 0.292. The summed E-state index contributed by atoms with van der Waals surface area (Å²) in [6.45, 7) is 1.75. The number of Topliss-reactive ketones (excluding diaryl/α,β-unsaturated/α-hetero) is 1. The first-order valence-corrected chi connectivity index (χ1v) is 11.8. The van der Waals surface area contributed by atoms with Crippen LogP contribution >= 0.6 is 34.5 Å². The van der Waals surface area contributed by atoms with Gasteiger partial charge >= 0.3 is 11.9 Å². The van der Waals surface area contributed by atoms with Crippen molar-refractivity contribution in [3.8, 4) is 0 Å². The van der Waals surface area contributed by atoms with Gasteiger partial charge in [-0.2, -0.15) is 0 Å². The molecule has 0 radical (unpaired) electrons. The van der Waals surface area contributed by atoms with Crippen molar-refractivity contribution in [1.29, 1.82) is 0 Å². The molecule has 1 aromatic carbocycles. The normalized spacial score (nSPS) is 22.6. The number of hydrogen-bond donors (Lipinski definition) is 1. The van der Waals surface area contributed by atoms with Crippen molar-refractivity contribution in [3.05, 3.63) is 78.7 Å². The molecule has 2 aliphatic rings. The summed E-state index contributed by atoms with van der Waals surface area (Å²) in [5, 5.41) is 5.66. The van der Waals surface area contributed by atoms with E-state index in [2.05, 4.69) is 5.32 Å². The van der Waals surface area contributed by atoms with Gasteiger partial charge in [-0.05, 0) is 36.4 Å². The Hall–Kier alpha value is -2.61. The molecule has 2 aromatic rings. The van der Waals surface area contributed by atoms with Crippen molar-refractivity contribution in [2.45, 2.75) is 25.2 Å². The Bertz CT molecular complexity index is 1200. The lowest BCUT2D eigenvalue weighted by Gasteiger charge is -2.39. The number of allylic oxidation sites excluding steroid dienone is 3. The third kappa shape index (κ3) is 3.98. The maximum absolute atomic E-state index is 14.0. The Morgan fingerprint density at radius 1 is 1.12 bits per heavy atom. The molecule has 9 heteroatoms. The lowest BCUT2D eigenvalue weighted by molar-refractivity contribution is -0.149. The van der Waals surface area contributed by atoms with Gasteiger partial charge in [0.25, 0.3) is 0 Å². The summed E-state index contributed by atoms with van der Waals surface area (Å²) < 4.78 is 10.1. The van der Waals surface area contributed by atoms with Gasteiger partial charge in [0.15, 0.2) is 5.78 Å². The molecule has 1 aliphatic carbocycles. The lowest BCUT2D eigenvalue weighted by Crippen LogP contribution is -2.43. The first kappa shape index (κ1) is 23.5. The van der Waals surface area contributed by atoms with Crippen molar-refractivity contribution in [3.63, 3.8) is 0 Å². The molecule has 0 spiro atoms. The summed E-state index contributed by atoms with van der Waals surface area (Å²) >= 11 is 14.3. The van der Waals surface area contributed by atoms with Crippen LogP contribution in [0.3, 0.4) is 0 Å². The van der Waals surface area contributed by atoms with E-state index in [1.54, 1.807) is 25.1 Å². The highest BCUT2D eigenvalue weighted by Gasteiger charge is 2.49. The number of ketones is 1. The maximum Gasteiger partial charge on any atom is 0.336 e. The zero-order valence-electron chi connectivity index (χ0n) is 18.1. The maximum atomic E-state index is 14.0. The highest BCUT2D eigenvalue weighted by Crippen LogP contribution is 2.50. The molecule has 0 bridgehead atoms. The van der Waals surface area contributed by atoms with Gasteiger partial charge in [0.2, 0.25) is 0 Å². The summed E-state index contributed by atoms with van der Waals surface area (Å²) in [6.07, 6.45) is 0.391. The number of benzene rings is 1. The van der Waals surface area contributed by atoms with Crippen LogP contribution in [0.4, 0.5) is 0 Å². The van der Waals surface area contributed by atoms with E-state index in [4.69, 9.17) is 32.7 Å². The van der Waals surface area contributed by atoms with Crippen LogP contribution in [0, 0.1) is 5.92 Å². The molecule has 0 saturated heterocycles. The summed E-state index contributed by atoms with van der Waals surface area (Å²) in [7, 11) is 2.54. The second kappa shape index (κ2) is 9.33. The Morgan fingerprint density at radius 3 is 2.52 bits per heavy atom. The lowest BCUT2D eigenvalue weighted by atomic mass is 9.68. The van der Waals surface area contributed by atoms with Crippen LogP contribution in [0.25, 0.3) is 0 Å². The number of esters is 2. The van der Waals surface area contributed by atoms with Crippen LogP contribution < -0.4 is 5.32 Å². The van der Waals surface area contributed by atoms with Gasteiger partial charge in [-0.3, -0.25) is 9.59 Å². The zero-order valence-corrected chi connectivity index (χ0v) is 20.4. The van der Waals surface area contributed by atoms with Crippen LogP contribution in [-0.2, 0) is 23.9 Å². The highest BCUT2D eigenvalue weighted by atomic mass is 35.5. The molecule has 1 aromatic heterocycles. The number of ether oxygens (including phenoxy) is 2. The number of nitrogens with one attached hydrogen (secondary N) is 1. The molecule has 6 nitrogen and oxygen atoms in total. The van der Waals surface area contributed by atoms with E-state index >= 15 is 0 Å². The number of rotatable bonds is 4. The van der Waals surface area contributed by atoms with Gasteiger partial charge in [0.1, 0.15) is 5.92 Å². The van der Waals surface area contributed by atoms with Crippen molar-refractivity contribution in [2.75, 3.05) is 14.2 Å². The van der Waals surface area contributed by atoms with Gasteiger partial charge in [0, 0.05) is 33.7 Å². The number of dihydropyridines is 1. The van der Waals surface area contributed by atoms with E-state index in [-0.39, 0.29) is 16.5 Å². The van der Waals surface area contributed by atoms with E-state index in [1.807, 2.05) is 17.5 Å². The van der Waals surface area contributed by atoms with Gasteiger partial charge < -0.3 is 14.8 Å². The molecule has 3 atom stereocenters. The Labute approximate surface area is 205 Å². The van der Waals surface area contributed by atoms with E-state index in [9.17, 15) is 14.4 Å². The number of carbonyl (C=O) groups is 3. The molecule has 0 saturated carbocycles. The fourth-order valence-corrected chi connectivity index (χ4v) is 5.92. The summed E-state index contributed by atoms with van der Waals surface area (Å²) in [6, 6.07) is 8.84. The first-order valence-electron chi connectivity index (χ1n) is 10.2. The largest absolute Gasteiger partial charge is 0.468 e. The van der Waals surface area contributed by atoms with Gasteiger partial charge in [-0.1, -0.05) is 41.4 Å². The quantitative estimate of drug-likeness (QED) is 0.465. The van der Waals surface area contributed by atoms with Crippen molar-refractivity contribution in [1.82, 2.24) is 5.32 Å². The number of methoxy groups -OCH3 is 2. The molecule has 0 amide bonds. The summed E-state index contributed by atoms with van der Waals surface area (Å²) in [5.41, 5.74) is 2.23. The van der Waals surface area contributed by atoms with E-state index in [0.29, 0.717) is 34.0 Å². The molecule has 33 heavy (non-hydrogen) atoms. The Morgan fingerprint density at radius 2 is 1.88 bits per heavy atom. The minimum Gasteiger partial charge on any atom is -0.468 e. The van der Waals surface area contributed by atoms with Crippen LogP contribution in [0.5, 0.6) is 0 Å². The SMILES string of the molecule is COC(=O)C1=C(C)NC2=C(C(=O)[C@H](C(=O)OC)[C@H](c3cccs3)C2)[C@H]1c1cccc(Cl)c1Cl. The van der Waals surface area contributed by atoms with Gasteiger partial charge in [-0.15, -0.1) is 11.3 Å². The second-order valence-corrected chi connectivity index (χ2v) is 9.58. The predicted octanol–water partition coefficient (Wildman–Crippen LogP) is 4.99. The second-order valence-electron chi connectivity index (χ2n) is 7.81. The number of carbonyl (C=O) groups excluding carboxylic acids is 3. The van der Waals surface area contributed by atoms with Crippen molar-refractivity contribution < 1.29 is 23.9 Å². The van der Waals surface area contributed by atoms with E-state index in [0.717, 1.165) is 4.88 Å². The topological polar surface area (TPSA) is 81.7 Å². The summed E-state index contributed by atoms with van der Waals surface area (Å²) in [4.78, 5) is 40.5. The third-order valence-electron chi connectivity index (χ3n) is 6.08. The number of hydrogen-bond acceptors (Lipinski definition) is 7.